The van der Waals surface area contributed by atoms with Crippen molar-refractivity contribution in [2.75, 3.05) is 10.6 Å². The van der Waals surface area contributed by atoms with Crippen LogP contribution in [0.25, 0.3) is 33.7 Å². The van der Waals surface area contributed by atoms with Crippen LogP contribution in [0.1, 0.15) is 31.8 Å². The molecule has 0 aliphatic rings. The SMILES string of the molecule is O=C(Nc1ccc(C=Cc2ccc(NC(=O)c3ccc4ccccc4c3O)cc2S(=O)(=O)O)c(S(=O)(=O)O)c1)c1ccc2ccccc2c1O. The first-order valence-electron chi connectivity index (χ1n) is 14.7. The van der Waals surface area contributed by atoms with Crippen LogP contribution in [0.3, 0.4) is 0 Å². The van der Waals surface area contributed by atoms with Crippen LogP contribution in [0.2, 0.25) is 0 Å². The number of aromatic hydroxyl groups is 2. The number of amides is 2. The molecule has 6 rings (SSSR count). The topological polar surface area (TPSA) is 207 Å². The normalized spacial score (nSPS) is 12.0. The predicted octanol–water partition coefficient (Wildman–Crippen LogP) is 6.57. The summed E-state index contributed by atoms with van der Waals surface area (Å²) < 4.78 is 69.3. The van der Waals surface area contributed by atoms with Crippen molar-refractivity contribution in [3.63, 3.8) is 0 Å². The van der Waals surface area contributed by atoms with Gasteiger partial charge in [0.1, 0.15) is 21.3 Å². The highest BCUT2D eigenvalue weighted by atomic mass is 32.2. The summed E-state index contributed by atoms with van der Waals surface area (Å²) in [7, 11) is -9.78. The lowest BCUT2D eigenvalue weighted by Crippen LogP contribution is -2.13. The molecule has 0 fully saturated rings. The monoisotopic (exact) mass is 710 g/mol. The third kappa shape index (κ3) is 6.90. The molecule has 252 valence electrons. The molecule has 50 heavy (non-hydrogen) atoms. The quantitative estimate of drug-likeness (QED) is 0.0739. The van der Waals surface area contributed by atoms with Crippen molar-refractivity contribution in [2.45, 2.75) is 9.79 Å². The van der Waals surface area contributed by atoms with E-state index in [0.29, 0.717) is 21.5 Å². The summed E-state index contributed by atoms with van der Waals surface area (Å²) in [5.41, 5.74) is -0.443. The minimum atomic E-state index is -4.89. The number of hydrogen-bond acceptors (Lipinski definition) is 8. The molecule has 0 aromatic heterocycles. The lowest BCUT2D eigenvalue weighted by Gasteiger charge is -2.12. The first-order valence-corrected chi connectivity index (χ1v) is 17.5. The number of benzene rings is 6. The number of fused-ring (bicyclic) bond motifs is 2. The van der Waals surface area contributed by atoms with E-state index in [0.717, 1.165) is 12.1 Å². The second kappa shape index (κ2) is 13.1. The van der Waals surface area contributed by atoms with Gasteiger partial charge in [-0.1, -0.05) is 84.9 Å². The van der Waals surface area contributed by atoms with Crippen molar-refractivity contribution in [2.24, 2.45) is 0 Å². The summed E-state index contributed by atoms with van der Waals surface area (Å²) in [6.07, 6.45) is 2.33. The number of hydrogen-bond donors (Lipinski definition) is 6. The lowest BCUT2D eigenvalue weighted by molar-refractivity contribution is 0.101. The summed E-state index contributed by atoms with van der Waals surface area (Å²) in [6.45, 7) is 0. The Labute approximate surface area is 285 Å². The number of nitrogens with one attached hydrogen (secondary N) is 2. The molecule has 0 atom stereocenters. The molecule has 0 spiro atoms. The van der Waals surface area contributed by atoms with Gasteiger partial charge in [0.05, 0.1) is 11.1 Å². The van der Waals surface area contributed by atoms with Crippen molar-refractivity contribution < 1.29 is 45.7 Å². The van der Waals surface area contributed by atoms with Crippen molar-refractivity contribution in [1.82, 2.24) is 0 Å². The molecule has 0 unspecified atom stereocenters. The number of carbonyl (C=O) groups is 2. The fourth-order valence-corrected chi connectivity index (χ4v) is 6.82. The van der Waals surface area contributed by atoms with Crippen molar-refractivity contribution >= 4 is 77.1 Å². The van der Waals surface area contributed by atoms with E-state index in [1.54, 1.807) is 60.7 Å². The fraction of sp³-hybridized carbons (Fsp3) is 0. The molecular formula is C36H26N2O10S2. The fourth-order valence-electron chi connectivity index (χ4n) is 5.40. The third-order valence-electron chi connectivity index (χ3n) is 7.83. The van der Waals surface area contributed by atoms with Gasteiger partial charge in [-0.15, -0.1) is 0 Å². The Bertz CT molecular complexity index is 2440. The highest BCUT2D eigenvalue weighted by molar-refractivity contribution is 7.86. The maximum atomic E-state index is 13.0. The minimum Gasteiger partial charge on any atom is -0.506 e. The average molecular weight is 711 g/mol. The summed E-state index contributed by atoms with van der Waals surface area (Å²) in [5.74, 6) is -2.05. The molecule has 6 N–H and O–H groups in total. The van der Waals surface area contributed by atoms with E-state index in [1.165, 1.54) is 48.6 Å². The second-order valence-corrected chi connectivity index (χ2v) is 13.8. The molecule has 12 nitrogen and oxygen atoms in total. The van der Waals surface area contributed by atoms with Crippen LogP contribution in [-0.4, -0.2) is 48.0 Å². The Balaban J connectivity index is 1.27. The van der Waals surface area contributed by atoms with Gasteiger partial charge >= 0.3 is 0 Å². The van der Waals surface area contributed by atoms with Crippen LogP contribution >= 0.6 is 0 Å². The van der Waals surface area contributed by atoms with E-state index in [4.69, 9.17) is 0 Å². The van der Waals surface area contributed by atoms with Crippen LogP contribution in [0, 0.1) is 0 Å². The van der Waals surface area contributed by atoms with Crippen LogP contribution in [0.15, 0.2) is 119 Å². The zero-order valence-electron chi connectivity index (χ0n) is 25.6. The van der Waals surface area contributed by atoms with Crippen molar-refractivity contribution in [3.05, 3.63) is 131 Å². The first-order chi connectivity index (χ1) is 23.7. The molecule has 0 radical (unpaired) electrons. The van der Waals surface area contributed by atoms with Gasteiger partial charge in [0.2, 0.25) is 0 Å². The van der Waals surface area contributed by atoms with E-state index < -0.39 is 41.8 Å². The number of carbonyl (C=O) groups excluding carboxylic acids is 2. The smallest absolute Gasteiger partial charge is 0.295 e. The van der Waals surface area contributed by atoms with E-state index in [1.807, 2.05) is 0 Å². The average Bonchev–Trinajstić information content (AvgIpc) is 3.07. The van der Waals surface area contributed by atoms with Crippen LogP contribution < -0.4 is 10.6 Å². The van der Waals surface area contributed by atoms with Gasteiger partial charge in [-0.3, -0.25) is 18.7 Å². The molecule has 0 bridgehead atoms. The Morgan fingerprint density at radius 2 is 0.900 bits per heavy atom. The second-order valence-electron chi connectivity index (χ2n) is 11.1. The van der Waals surface area contributed by atoms with Gasteiger partial charge < -0.3 is 20.8 Å². The van der Waals surface area contributed by atoms with E-state index in [-0.39, 0.29) is 45.1 Å². The molecule has 6 aromatic carbocycles. The Morgan fingerprint density at radius 1 is 0.520 bits per heavy atom. The standard InChI is InChI=1S/C36H26N2O10S2/c39-33-27-7-3-1-5-21(27)13-17-29(33)35(41)37-25-15-11-23(31(19-25)49(43,44)45)9-10-24-12-16-26(20-32(24)50(46,47)48)38-36(42)30-18-14-22-6-2-4-8-28(22)34(30)40/h1-20,39-40H,(H,37,41)(H,38,42)(H,43,44,45)(H,46,47,48). The molecule has 14 heteroatoms. The minimum absolute atomic E-state index is 0.0384. The van der Waals surface area contributed by atoms with Crippen LogP contribution in [-0.2, 0) is 20.2 Å². The largest absolute Gasteiger partial charge is 0.506 e. The first kappa shape index (κ1) is 33.8. The number of anilines is 2. The van der Waals surface area contributed by atoms with Gasteiger partial charge in [-0.2, -0.15) is 16.8 Å². The van der Waals surface area contributed by atoms with Gasteiger partial charge in [0, 0.05) is 22.1 Å². The van der Waals surface area contributed by atoms with Gasteiger partial charge in [-0.25, -0.2) is 0 Å². The van der Waals surface area contributed by atoms with Gasteiger partial charge in [0.15, 0.2) is 0 Å². The third-order valence-corrected chi connectivity index (χ3v) is 9.65. The molecule has 0 aliphatic heterocycles. The Hall–Kier alpha value is -6.06. The molecule has 6 aromatic rings. The summed E-state index contributed by atoms with van der Waals surface area (Å²) >= 11 is 0. The molecular weight excluding hydrogens is 685 g/mol. The predicted molar refractivity (Wildman–Crippen MR) is 189 cm³/mol. The Morgan fingerprint density at radius 3 is 1.28 bits per heavy atom. The summed E-state index contributed by atoms with van der Waals surface area (Å²) in [5, 5.41) is 28.5. The molecule has 2 amide bonds. The van der Waals surface area contributed by atoms with E-state index >= 15 is 0 Å². The number of rotatable bonds is 8. The van der Waals surface area contributed by atoms with E-state index in [9.17, 15) is 45.7 Å². The van der Waals surface area contributed by atoms with Gasteiger partial charge in [-0.05, 0) is 58.3 Å². The van der Waals surface area contributed by atoms with E-state index in [2.05, 4.69) is 10.6 Å². The van der Waals surface area contributed by atoms with Gasteiger partial charge in [0.25, 0.3) is 32.1 Å². The molecule has 0 saturated heterocycles. The highest BCUT2D eigenvalue weighted by Crippen LogP contribution is 2.32. The maximum Gasteiger partial charge on any atom is 0.295 e. The number of phenolic OH excluding ortho intramolecular Hbond substituents is 2. The summed E-state index contributed by atoms with van der Waals surface area (Å²) in [6, 6.07) is 26.9. The highest BCUT2D eigenvalue weighted by Gasteiger charge is 2.21. The summed E-state index contributed by atoms with van der Waals surface area (Å²) in [4.78, 5) is 24.7. The zero-order chi connectivity index (χ0) is 35.8. The number of phenols is 2. The Kier molecular flexibility index (Phi) is 8.86. The van der Waals surface area contributed by atoms with Crippen LogP contribution in [0.4, 0.5) is 11.4 Å². The zero-order valence-corrected chi connectivity index (χ0v) is 27.2. The van der Waals surface area contributed by atoms with Crippen molar-refractivity contribution in [3.8, 4) is 11.5 Å². The molecule has 0 saturated carbocycles. The lowest BCUT2D eigenvalue weighted by atomic mass is 10.0. The molecule has 0 aliphatic carbocycles. The van der Waals surface area contributed by atoms with Crippen LogP contribution in [0.5, 0.6) is 11.5 Å². The maximum absolute atomic E-state index is 13.0. The molecule has 0 heterocycles. The van der Waals surface area contributed by atoms with Crippen molar-refractivity contribution in [1.29, 1.82) is 0 Å².